The molecule has 0 spiro atoms. The van der Waals surface area contributed by atoms with Crippen molar-refractivity contribution in [2.24, 2.45) is 0 Å². The van der Waals surface area contributed by atoms with Crippen LogP contribution in [-0.4, -0.2) is 36.8 Å². The lowest BCUT2D eigenvalue weighted by atomic mass is 10.1. The first kappa shape index (κ1) is 21.4. The minimum Gasteiger partial charge on any atom is -0.332 e. The summed E-state index contributed by atoms with van der Waals surface area (Å²) in [7, 11) is -3.48. The molecule has 29 heavy (non-hydrogen) atoms. The molecule has 0 aromatic heterocycles. The monoisotopic (exact) mass is 431 g/mol. The normalized spacial score (nSPS) is 15.3. The van der Waals surface area contributed by atoms with E-state index in [4.69, 9.17) is 12.2 Å². The van der Waals surface area contributed by atoms with Gasteiger partial charge in [-0.3, -0.25) is 4.79 Å². The third-order valence-corrected chi connectivity index (χ3v) is 6.89. The first-order valence-electron chi connectivity index (χ1n) is 9.70. The molecule has 1 saturated heterocycles. The summed E-state index contributed by atoms with van der Waals surface area (Å²) in [4.78, 5) is 12.3. The maximum Gasteiger partial charge on any atom is 0.243 e. The van der Waals surface area contributed by atoms with Crippen molar-refractivity contribution in [3.8, 4) is 0 Å². The van der Waals surface area contributed by atoms with Crippen LogP contribution >= 0.6 is 12.2 Å². The minimum atomic E-state index is -3.48. The van der Waals surface area contributed by atoms with Gasteiger partial charge in [0, 0.05) is 18.8 Å². The van der Waals surface area contributed by atoms with Gasteiger partial charge in [0.15, 0.2) is 5.11 Å². The molecule has 8 heteroatoms. The van der Waals surface area contributed by atoms with Crippen LogP contribution < -0.4 is 10.6 Å². The number of nitrogens with zero attached hydrogens (tertiary/aromatic N) is 1. The van der Waals surface area contributed by atoms with Crippen LogP contribution in [0.2, 0.25) is 0 Å². The summed E-state index contributed by atoms with van der Waals surface area (Å²) in [5.74, 6) is -0.214. The fraction of sp³-hybridized carbons (Fsp3) is 0.333. The SMILES string of the molecule is O=C(Cc1ccccc1)NC(=S)Nc1ccc(S(=O)(=O)N2CCCCCC2)cc1. The fourth-order valence-corrected chi connectivity index (χ4v) is 5.00. The van der Waals surface area contributed by atoms with Crippen LogP contribution in [0.25, 0.3) is 0 Å². The number of rotatable bonds is 5. The number of thiocarbonyl (C=S) groups is 1. The van der Waals surface area contributed by atoms with Crippen LogP contribution in [0.3, 0.4) is 0 Å². The van der Waals surface area contributed by atoms with E-state index in [0.717, 1.165) is 31.2 Å². The molecule has 0 bridgehead atoms. The summed E-state index contributed by atoms with van der Waals surface area (Å²) in [5.41, 5.74) is 1.51. The molecule has 0 atom stereocenters. The van der Waals surface area contributed by atoms with Crippen molar-refractivity contribution in [3.63, 3.8) is 0 Å². The first-order valence-corrected chi connectivity index (χ1v) is 11.5. The second-order valence-corrected chi connectivity index (χ2v) is 9.35. The molecule has 6 nitrogen and oxygen atoms in total. The summed E-state index contributed by atoms with van der Waals surface area (Å²) in [6.07, 6.45) is 4.17. The summed E-state index contributed by atoms with van der Waals surface area (Å²) in [6.45, 7) is 1.14. The summed E-state index contributed by atoms with van der Waals surface area (Å²) in [5, 5.41) is 5.73. The number of sulfonamides is 1. The van der Waals surface area contributed by atoms with Gasteiger partial charge in [-0.25, -0.2) is 8.42 Å². The van der Waals surface area contributed by atoms with Gasteiger partial charge >= 0.3 is 0 Å². The van der Waals surface area contributed by atoms with Crippen LogP contribution in [0.4, 0.5) is 5.69 Å². The maximum atomic E-state index is 12.8. The highest BCUT2D eigenvalue weighted by molar-refractivity contribution is 7.89. The Bertz CT molecular complexity index is 937. The van der Waals surface area contributed by atoms with E-state index in [2.05, 4.69) is 10.6 Å². The molecule has 0 aliphatic carbocycles. The zero-order valence-electron chi connectivity index (χ0n) is 16.1. The molecule has 1 aliphatic rings. The third kappa shape index (κ3) is 6.09. The molecule has 1 aliphatic heterocycles. The Kier molecular flexibility index (Phi) is 7.35. The van der Waals surface area contributed by atoms with E-state index in [1.807, 2.05) is 30.3 Å². The third-order valence-electron chi connectivity index (χ3n) is 4.78. The van der Waals surface area contributed by atoms with Gasteiger partial charge in [0.2, 0.25) is 15.9 Å². The molecule has 2 N–H and O–H groups in total. The van der Waals surface area contributed by atoms with Crippen LogP contribution in [0.15, 0.2) is 59.5 Å². The van der Waals surface area contributed by atoms with E-state index in [-0.39, 0.29) is 22.3 Å². The van der Waals surface area contributed by atoms with Crippen molar-refractivity contribution in [3.05, 3.63) is 60.2 Å². The van der Waals surface area contributed by atoms with Crippen molar-refractivity contribution in [2.45, 2.75) is 37.0 Å². The number of nitrogens with one attached hydrogen (secondary N) is 2. The first-order chi connectivity index (χ1) is 13.9. The second-order valence-electron chi connectivity index (χ2n) is 7.01. The lowest BCUT2D eigenvalue weighted by Gasteiger charge is -2.20. The summed E-state index contributed by atoms with van der Waals surface area (Å²) < 4.78 is 27.2. The molecule has 0 saturated carbocycles. The van der Waals surface area contributed by atoms with Gasteiger partial charge in [-0.1, -0.05) is 43.2 Å². The zero-order chi connectivity index (χ0) is 20.7. The molecule has 3 rings (SSSR count). The van der Waals surface area contributed by atoms with Crippen LogP contribution in [0.5, 0.6) is 0 Å². The van der Waals surface area contributed by atoms with Gasteiger partial charge in [-0.2, -0.15) is 4.31 Å². The van der Waals surface area contributed by atoms with E-state index in [0.29, 0.717) is 18.8 Å². The van der Waals surface area contributed by atoms with E-state index in [1.54, 1.807) is 28.6 Å². The lowest BCUT2D eigenvalue weighted by Crippen LogP contribution is -2.35. The van der Waals surface area contributed by atoms with Gasteiger partial charge < -0.3 is 10.6 Å². The number of carbonyl (C=O) groups excluding carboxylic acids is 1. The molecular weight excluding hydrogens is 406 g/mol. The van der Waals surface area contributed by atoms with Gasteiger partial charge in [0.25, 0.3) is 0 Å². The van der Waals surface area contributed by atoms with E-state index in [9.17, 15) is 13.2 Å². The average Bonchev–Trinajstić information content (AvgIpc) is 2.99. The Morgan fingerprint density at radius 2 is 1.55 bits per heavy atom. The molecular formula is C21H25N3O3S2. The molecule has 2 aromatic carbocycles. The van der Waals surface area contributed by atoms with Gasteiger partial charge in [-0.15, -0.1) is 0 Å². The molecule has 2 aromatic rings. The van der Waals surface area contributed by atoms with Gasteiger partial charge in [0.1, 0.15) is 0 Å². The van der Waals surface area contributed by atoms with Gasteiger partial charge in [0.05, 0.1) is 11.3 Å². The topological polar surface area (TPSA) is 78.5 Å². The van der Waals surface area contributed by atoms with Crippen molar-refractivity contribution >= 4 is 38.9 Å². The Balaban J connectivity index is 1.57. The summed E-state index contributed by atoms with van der Waals surface area (Å²) >= 11 is 5.18. The molecule has 1 fully saturated rings. The van der Waals surface area contributed by atoms with Crippen molar-refractivity contribution in [2.75, 3.05) is 18.4 Å². The van der Waals surface area contributed by atoms with E-state index >= 15 is 0 Å². The molecule has 154 valence electrons. The van der Waals surface area contributed by atoms with E-state index < -0.39 is 10.0 Å². The molecule has 1 amide bonds. The second kappa shape index (κ2) is 9.96. The Hall–Kier alpha value is -2.29. The Morgan fingerprint density at radius 1 is 0.931 bits per heavy atom. The number of benzene rings is 2. The number of hydrogen-bond donors (Lipinski definition) is 2. The highest BCUT2D eigenvalue weighted by Crippen LogP contribution is 2.21. The number of anilines is 1. The Morgan fingerprint density at radius 3 is 2.17 bits per heavy atom. The summed E-state index contributed by atoms with van der Waals surface area (Å²) in [6, 6.07) is 15.8. The molecule has 0 radical (unpaired) electrons. The molecule has 1 heterocycles. The van der Waals surface area contributed by atoms with Crippen molar-refractivity contribution in [1.29, 1.82) is 0 Å². The largest absolute Gasteiger partial charge is 0.332 e. The van der Waals surface area contributed by atoms with Crippen molar-refractivity contribution < 1.29 is 13.2 Å². The van der Waals surface area contributed by atoms with Crippen molar-refractivity contribution in [1.82, 2.24) is 9.62 Å². The average molecular weight is 432 g/mol. The number of amides is 1. The standard InChI is InChI=1S/C21H25N3O3S2/c25-20(16-17-8-4-3-5-9-17)23-21(28)22-18-10-12-19(13-11-18)29(26,27)24-14-6-1-2-7-15-24/h3-5,8-13H,1-2,6-7,14-16H2,(H2,22,23,25,28). The highest BCUT2D eigenvalue weighted by atomic mass is 32.2. The molecule has 0 unspecified atom stereocenters. The number of carbonyl (C=O) groups is 1. The number of hydrogen-bond acceptors (Lipinski definition) is 4. The highest BCUT2D eigenvalue weighted by Gasteiger charge is 2.24. The smallest absolute Gasteiger partial charge is 0.243 e. The fourth-order valence-electron chi connectivity index (χ4n) is 3.26. The van der Waals surface area contributed by atoms with Crippen LogP contribution in [-0.2, 0) is 21.2 Å². The predicted molar refractivity (Wildman–Crippen MR) is 118 cm³/mol. The van der Waals surface area contributed by atoms with E-state index in [1.165, 1.54) is 0 Å². The quantitative estimate of drug-likeness (QED) is 0.710. The zero-order valence-corrected chi connectivity index (χ0v) is 17.8. The minimum absolute atomic E-state index is 0.175. The van der Waals surface area contributed by atoms with Gasteiger partial charge in [-0.05, 0) is 54.9 Å². The lowest BCUT2D eigenvalue weighted by molar-refractivity contribution is -0.119. The van der Waals surface area contributed by atoms with Crippen LogP contribution in [0, 0.1) is 0 Å². The Labute approximate surface area is 177 Å². The van der Waals surface area contributed by atoms with Crippen LogP contribution in [0.1, 0.15) is 31.2 Å². The maximum absolute atomic E-state index is 12.8. The predicted octanol–water partition coefficient (Wildman–Crippen LogP) is 3.31.